The number of halogens is 5. The van der Waals surface area contributed by atoms with Gasteiger partial charge >= 0.3 is 12.1 Å². The largest absolute Gasteiger partial charge is 0.458 e. The molecule has 159 valence electrons. The summed E-state index contributed by atoms with van der Waals surface area (Å²) in [6.45, 7) is 1.14. The maximum Gasteiger partial charge on any atom is 0.458 e. The number of piperidine rings is 1. The van der Waals surface area contributed by atoms with E-state index in [-0.39, 0.29) is 17.5 Å². The fourth-order valence-corrected chi connectivity index (χ4v) is 4.50. The molecule has 0 spiro atoms. The van der Waals surface area contributed by atoms with Crippen molar-refractivity contribution in [2.45, 2.75) is 31.0 Å². The smallest absolute Gasteiger partial charge is 0.382 e. The molecule has 1 saturated heterocycles. The minimum Gasteiger partial charge on any atom is -0.382 e. The van der Waals surface area contributed by atoms with Gasteiger partial charge in [-0.15, -0.1) is 0 Å². The van der Waals surface area contributed by atoms with Gasteiger partial charge < -0.3 is 10.2 Å². The Hall–Kier alpha value is -2.62. The van der Waals surface area contributed by atoms with E-state index in [1.807, 2.05) is 4.90 Å². The zero-order valence-corrected chi connectivity index (χ0v) is 16.4. The van der Waals surface area contributed by atoms with E-state index in [9.17, 15) is 27.1 Å². The summed E-state index contributed by atoms with van der Waals surface area (Å²) in [7, 11) is 0. The zero-order valence-electron chi connectivity index (χ0n) is 15.5. The summed E-state index contributed by atoms with van der Waals surface area (Å²) >= 11 is 1.46. The molecule has 0 saturated carbocycles. The van der Waals surface area contributed by atoms with Gasteiger partial charge in [0.2, 0.25) is 0 Å². The van der Waals surface area contributed by atoms with Crippen LogP contribution in [0, 0.1) is 0 Å². The number of hydrogen-bond acceptors (Lipinski definition) is 4. The van der Waals surface area contributed by atoms with Crippen LogP contribution >= 0.6 is 11.3 Å². The molecule has 1 fully saturated rings. The number of benzene rings is 2. The minimum absolute atomic E-state index is 0.114. The molecule has 1 aliphatic heterocycles. The van der Waals surface area contributed by atoms with Crippen molar-refractivity contribution < 1.29 is 27.1 Å². The first-order chi connectivity index (χ1) is 14.1. The number of nitrogens with one attached hydrogen (secondary N) is 1. The summed E-state index contributed by atoms with van der Waals surface area (Å²) < 4.78 is 67.1. The van der Waals surface area contributed by atoms with Crippen LogP contribution in [0.3, 0.4) is 0 Å². The van der Waals surface area contributed by atoms with E-state index in [0.29, 0.717) is 31.4 Å². The highest BCUT2D eigenvalue weighted by atomic mass is 32.1. The van der Waals surface area contributed by atoms with Crippen LogP contribution in [0.5, 0.6) is 5.75 Å². The lowest BCUT2D eigenvalue weighted by Crippen LogP contribution is -2.40. The Morgan fingerprint density at radius 1 is 1.03 bits per heavy atom. The average Bonchev–Trinajstić information content (AvgIpc) is 3.11. The molecule has 0 unspecified atom stereocenters. The lowest BCUT2D eigenvalue weighted by Gasteiger charge is -2.33. The molecule has 4 rings (SSSR count). The van der Waals surface area contributed by atoms with Gasteiger partial charge in [-0.3, -0.25) is 5.11 Å². The summed E-state index contributed by atoms with van der Waals surface area (Å²) in [6.07, 6.45) is -4.56. The second-order valence-corrected chi connectivity index (χ2v) is 8.16. The van der Waals surface area contributed by atoms with Crippen molar-refractivity contribution in [1.29, 1.82) is 0 Å². The molecule has 0 bridgehead atoms. The number of rotatable bonds is 4. The molecule has 30 heavy (non-hydrogen) atoms. The van der Waals surface area contributed by atoms with Crippen LogP contribution < -0.4 is 10.2 Å². The van der Waals surface area contributed by atoms with Crippen LogP contribution in [0.25, 0.3) is 10.2 Å². The fraction of sp³-hybridized carbons (Fsp3) is 0.350. The Kier molecular flexibility index (Phi) is 5.21. The number of thiazole rings is 1. The highest BCUT2D eigenvalue weighted by molar-refractivity contribution is 7.22. The zero-order chi connectivity index (χ0) is 21.5. The first-order valence-electron chi connectivity index (χ1n) is 9.28. The topological polar surface area (TPSA) is 48.1 Å². The Morgan fingerprint density at radius 3 is 2.43 bits per heavy atom. The van der Waals surface area contributed by atoms with Crippen molar-refractivity contribution in [1.82, 2.24) is 4.98 Å². The summed E-state index contributed by atoms with van der Waals surface area (Å²) in [5, 5.41) is 15.1. The highest BCUT2D eigenvalue weighted by Gasteiger charge is 2.59. The van der Waals surface area contributed by atoms with Crippen LogP contribution in [-0.2, 0) is 11.0 Å². The molecule has 10 heteroatoms. The Balaban J connectivity index is 1.45. The summed E-state index contributed by atoms with van der Waals surface area (Å²) in [5.74, 6) is -5.05. The maximum absolute atomic E-state index is 13.9. The van der Waals surface area contributed by atoms with Crippen molar-refractivity contribution >= 4 is 32.4 Å². The van der Waals surface area contributed by atoms with Crippen molar-refractivity contribution in [3.05, 3.63) is 48.0 Å². The van der Waals surface area contributed by atoms with Crippen molar-refractivity contribution in [2.24, 2.45) is 0 Å². The molecule has 3 aromatic rings. The van der Waals surface area contributed by atoms with Crippen LogP contribution in [0.4, 0.5) is 32.8 Å². The number of aromatic nitrogens is 1. The van der Waals surface area contributed by atoms with Crippen LogP contribution in [-0.4, -0.2) is 30.3 Å². The SMILES string of the molecule is [O]c1ccc2sc(N3CCC(Nc4ccccc4C(F)(F)C(F)(F)F)CC3)nc2c1. The number of para-hydroxylation sites is 1. The molecule has 1 radical (unpaired) electrons. The number of alkyl halides is 5. The van der Waals surface area contributed by atoms with Gasteiger partial charge in [0, 0.05) is 30.9 Å². The molecule has 0 atom stereocenters. The van der Waals surface area contributed by atoms with Gasteiger partial charge in [0.15, 0.2) is 10.9 Å². The van der Waals surface area contributed by atoms with Gasteiger partial charge in [0.25, 0.3) is 0 Å². The second kappa shape index (κ2) is 7.57. The first-order valence-corrected chi connectivity index (χ1v) is 10.1. The van der Waals surface area contributed by atoms with E-state index in [4.69, 9.17) is 0 Å². The quantitative estimate of drug-likeness (QED) is 0.491. The monoisotopic (exact) mass is 442 g/mol. The predicted molar refractivity (Wildman–Crippen MR) is 105 cm³/mol. The fourth-order valence-electron chi connectivity index (χ4n) is 3.50. The molecular weight excluding hydrogens is 425 g/mol. The molecule has 1 aromatic heterocycles. The van der Waals surface area contributed by atoms with Crippen molar-refractivity contribution in [3.8, 4) is 5.75 Å². The van der Waals surface area contributed by atoms with Crippen LogP contribution in [0.2, 0.25) is 0 Å². The minimum atomic E-state index is -5.66. The van der Waals surface area contributed by atoms with Gasteiger partial charge in [-0.2, -0.15) is 22.0 Å². The van der Waals surface area contributed by atoms with Gasteiger partial charge in [0.1, 0.15) is 0 Å². The summed E-state index contributed by atoms with van der Waals surface area (Å²) in [5.41, 5.74) is -0.646. The number of hydrogen-bond donors (Lipinski definition) is 1. The number of fused-ring (bicyclic) bond motifs is 1. The molecule has 0 amide bonds. The molecular formula is C20H17F5N3OS. The van der Waals surface area contributed by atoms with E-state index in [1.54, 1.807) is 6.07 Å². The van der Waals surface area contributed by atoms with E-state index in [0.717, 1.165) is 15.9 Å². The van der Waals surface area contributed by atoms with E-state index in [2.05, 4.69) is 10.3 Å². The predicted octanol–water partition coefficient (Wildman–Crippen LogP) is 6.18. The summed E-state index contributed by atoms with van der Waals surface area (Å²) in [4.78, 5) is 6.51. The second-order valence-electron chi connectivity index (χ2n) is 7.15. The molecule has 0 aliphatic carbocycles. The third kappa shape index (κ3) is 3.88. The Bertz CT molecular complexity index is 1040. The van der Waals surface area contributed by atoms with Crippen molar-refractivity contribution in [2.75, 3.05) is 23.3 Å². The molecule has 1 aliphatic rings. The number of anilines is 2. The molecule has 1 N–H and O–H groups in total. The summed E-state index contributed by atoms with van der Waals surface area (Å²) in [6, 6.07) is 9.09. The number of nitrogens with zero attached hydrogens (tertiary/aromatic N) is 2. The normalized spacial score (nSPS) is 16.2. The van der Waals surface area contributed by atoms with Gasteiger partial charge in [-0.1, -0.05) is 29.5 Å². The molecule has 4 nitrogen and oxygen atoms in total. The van der Waals surface area contributed by atoms with E-state index < -0.39 is 17.7 Å². The first kappa shape index (κ1) is 20.6. The van der Waals surface area contributed by atoms with E-state index in [1.165, 1.54) is 41.7 Å². The molecule has 2 aromatic carbocycles. The van der Waals surface area contributed by atoms with Gasteiger partial charge in [0.05, 0.1) is 15.8 Å². The standard InChI is InChI=1S/C20H17F5N3OS/c21-19(22,20(23,24)25)14-3-1-2-4-15(14)26-12-7-9-28(10-8-12)18-27-16-11-13(29)5-6-17(16)30-18/h1-6,11-12,26H,7-10H2. The molecule has 2 heterocycles. The maximum atomic E-state index is 13.9. The van der Waals surface area contributed by atoms with E-state index >= 15 is 0 Å². The lowest BCUT2D eigenvalue weighted by molar-refractivity contribution is -0.289. The van der Waals surface area contributed by atoms with Gasteiger partial charge in [-0.25, -0.2) is 4.98 Å². The third-order valence-electron chi connectivity index (χ3n) is 5.09. The van der Waals surface area contributed by atoms with Crippen LogP contribution in [0.15, 0.2) is 42.5 Å². The van der Waals surface area contributed by atoms with Gasteiger partial charge in [-0.05, 0) is 31.0 Å². The third-order valence-corrected chi connectivity index (χ3v) is 6.19. The van der Waals surface area contributed by atoms with Crippen molar-refractivity contribution in [3.63, 3.8) is 0 Å². The highest BCUT2D eigenvalue weighted by Crippen LogP contribution is 2.46. The van der Waals surface area contributed by atoms with Crippen LogP contribution in [0.1, 0.15) is 18.4 Å². The lowest BCUT2D eigenvalue weighted by atomic mass is 10.0. The Labute approximate surface area is 173 Å². The Morgan fingerprint density at radius 2 is 1.73 bits per heavy atom. The average molecular weight is 442 g/mol.